The number of nitrogens with one attached hydrogen (secondary N) is 1. The number of phenols is 1. The molecule has 1 atom stereocenters. The Bertz CT molecular complexity index is 1070. The van der Waals surface area contributed by atoms with Gasteiger partial charge in [-0.15, -0.1) is 0 Å². The second-order valence-corrected chi connectivity index (χ2v) is 10.4. The highest BCUT2D eigenvalue weighted by Gasteiger charge is 2.22. The van der Waals surface area contributed by atoms with Crippen LogP contribution in [-0.2, 0) is 6.54 Å². The summed E-state index contributed by atoms with van der Waals surface area (Å²) >= 11 is 0. The van der Waals surface area contributed by atoms with E-state index < -0.39 is 0 Å². The smallest absolute Gasteiger partial charge is 0.123 e. The van der Waals surface area contributed by atoms with Gasteiger partial charge in [-0.1, -0.05) is 54.7 Å². The number of hydrogen-bond acceptors (Lipinski definition) is 3. The lowest BCUT2D eigenvalue weighted by Crippen LogP contribution is -2.27. The molecule has 1 saturated heterocycles. The number of aromatic hydroxyl groups is 1. The van der Waals surface area contributed by atoms with Gasteiger partial charge in [0.25, 0.3) is 0 Å². The van der Waals surface area contributed by atoms with Crippen molar-refractivity contribution in [2.24, 2.45) is 5.92 Å². The summed E-state index contributed by atoms with van der Waals surface area (Å²) in [7, 11) is 5.88. The van der Waals surface area contributed by atoms with Crippen LogP contribution in [0.25, 0.3) is 0 Å². The molecule has 194 valence electrons. The van der Waals surface area contributed by atoms with Crippen LogP contribution >= 0.6 is 0 Å². The molecule has 0 spiro atoms. The van der Waals surface area contributed by atoms with E-state index in [2.05, 4.69) is 10.2 Å². The van der Waals surface area contributed by atoms with Crippen molar-refractivity contribution in [1.29, 1.82) is 0 Å². The summed E-state index contributed by atoms with van der Waals surface area (Å²) in [5.74, 6) is 0.506. The van der Waals surface area contributed by atoms with E-state index in [-0.39, 0.29) is 23.3 Å². The number of aryl methyl sites for hydroxylation is 1. The molecule has 0 aromatic heterocycles. The Morgan fingerprint density at radius 3 is 2.24 bits per heavy atom. The third kappa shape index (κ3) is 7.89. The summed E-state index contributed by atoms with van der Waals surface area (Å²) < 4.78 is 26.9. The zero-order chi connectivity index (χ0) is 26.2. The van der Waals surface area contributed by atoms with Crippen LogP contribution < -0.4 is 10.8 Å². The van der Waals surface area contributed by atoms with Gasteiger partial charge in [0.05, 0.1) is 0 Å². The number of halogens is 2. The van der Waals surface area contributed by atoms with E-state index in [9.17, 15) is 13.9 Å². The number of unbranched alkanes of at least 4 members (excludes halogenated alkanes) is 2. The number of phenolic OH excluding ortho intramolecular Hbond substituents is 1. The molecule has 6 heteroatoms. The van der Waals surface area contributed by atoms with E-state index in [1.807, 2.05) is 43.3 Å². The van der Waals surface area contributed by atoms with Crippen molar-refractivity contribution >= 4 is 13.3 Å². The fourth-order valence-electron chi connectivity index (χ4n) is 5.47. The standard InChI is InChI=1S/C31H37BF2N2O/c1-22-17-24(18-30(32)31(22)37)20-35-19-23-14-16-36(21-23)15-4-2-3-5-29(25-6-10-27(33)11-7-25)26-8-12-28(34)13-9-26/h6-13,17-18,23,29,35,37H,2-5,14-16,19-21H2,1H3. The number of hydrogen-bond donors (Lipinski definition) is 2. The van der Waals surface area contributed by atoms with Gasteiger partial charge < -0.3 is 15.3 Å². The van der Waals surface area contributed by atoms with E-state index in [0.29, 0.717) is 11.4 Å². The summed E-state index contributed by atoms with van der Waals surface area (Å²) in [6, 6.07) is 17.2. The predicted molar refractivity (Wildman–Crippen MR) is 148 cm³/mol. The van der Waals surface area contributed by atoms with Crippen LogP contribution in [0.2, 0.25) is 0 Å². The molecule has 2 N–H and O–H groups in total. The monoisotopic (exact) mass is 502 g/mol. The Morgan fingerprint density at radius 2 is 1.62 bits per heavy atom. The van der Waals surface area contributed by atoms with Crippen molar-refractivity contribution in [2.45, 2.75) is 51.5 Å². The first-order valence-corrected chi connectivity index (χ1v) is 13.4. The topological polar surface area (TPSA) is 35.5 Å². The Hall–Kier alpha value is -2.70. The van der Waals surface area contributed by atoms with E-state index in [1.54, 1.807) is 0 Å². The first kappa shape index (κ1) is 27.3. The molecule has 1 aliphatic rings. The van der Waals surface area contributed by atoms with Gasteiger partial charge in [0.15, 0.2) is 0 Å². The van der Waals surface area contributed by atoms with Gasteiger partial charge in [0, 0.05) is 19.0 Å². The van der Waals surface area contributed by atoms with Crippen LogP contribution in [0.1, 0.15) is 60.3 Å². The normalized spacial score (nSPS) is 16.1. The van der Waals surface area contributed by atoms with Gasteiger partial charge >= 0.3 is 0 Å². The van der Waals surface area contributed by atoms with E-state index in [4.69, 9.17) is 7.85 Å². The predicted octanol–water partition coefficient (Wildman–Crippen LogP) is 5.58. The lowest BCUT2D eigenvalue weighted by Gasteiger charge is -2.19. The summed E-state index contributed by atoms with van der Waals surface area (Å²) in [4.78, 5) is 2.56. The molecule has 3 nitrogen and oxygen atoms in total. The second kappa shape index (κ2) is 13.2. The first-order chi connectivity index (χ1) is 17.9. The molecule has 1 aliphatic heterocycles. The fourth-order valence-corrected chi connectivity index (χ4v) is 5.47. The van der Waals surface area contributed by atoms with Crippen molar-refractivity contribution in [2.75, 3.05) is 26.2 Å². The van der Waals surface area contributed by atoms with Gasteiger partial charge in [-0.2, -0.15) is 0 Å². The molecular weight excluding hydrogens is 465 g/mol. The van der Waals surface area contributed by atoms with Gasteiger partial charge in [-0.25, -0.2) is 8.78 Å². The molecule has 37 heavy (non-hydrogen) atoms. The number of rotatable bonds is 12. The zero-order valence-electron chi connectivity index (χ0n) is 21.7. The Labute approximate surface area is 221 Å². The molecule has 0 amide bonds. The summed E-state index contributed by atoms with van der Waals surface area (Å²) in [5.41, 5.74) is 4.50. The molecule has 0 bridgehead atoms. The van der Waals surface area contributed by atoms with Crippen molar-refractivity contribution in [3.63, 3.8) is 0 Å². The minimum Gasteiger partial charge on any atom is -0.508 e. The maximum atomic E-state index is 13.5. The summed E-state index contributed by atoms with van der Waals surface area (Å²) in [6.45, 7) is 6.99. The highest BCUT2D eigenvalue weighted by atomic mass is 19.1. The third-order valence-corrected chi connectivity index (χ3v) is 7.53. The van der Waals surface area contributed by atoms with E-state index in [1.165, 1.54) is 30.7 Å². The van der Waals surface area contributed by atoms with E-state index in [0.717, 1.165) is 80.7 Å². The van der Waals surface area contributed by atoms with Gasteiger partial charge in [0.1, 0.15) is 25.2 Å². The fraction of sp³-hybridized carbons (Fsp3) is 0.419. The quantitative estimate of drug-likeness (QED) is 0.251. The SMILES string of the molecule is [B]c1cc(CNCC2CCN(CCCCCC(c3ccc(F)cc3)c3ccc(F)cc3)C2)cc(C)c1O. The molecule has 1 heterocycles. The minimum absolute atomic E-state index is 0.149. The zero-order valence-corrected chi connectivity index (χ0v) is 21.7. The Kier molecular flexibility index (Phi) is 9.76. The van der Waals surface area contributed by atoms with Crippen molar-refractivity contribution in [3.05, 3.63) is 94.6 Å². The van der Waals surface area contributed by atoms with Crippen LogP contribution in [0.5, 0.6) is 5.75 Å². The summed E-state index contributed by atoms with van der Waals surface area (Å²) in [5, 5.41) is 13.4. The van der Waals surface area contributed by atoms with Crippen LogP contribution in [0.15, 0.2) is 60.7 Å². The average molecular weight is 502 g/mol. The highest BCUT2D eigenvalue weighted by Crippen LogP contribution is 2.30. The maximum absolute atomic E-state index is 13.5. The highest BCUT2D eigenvalue weighted by molar-refractivity contribution is 6.34. The van der Waals surface area contributed by atoms with Gasteiger partial charge in [-0.05, 0) is 98.3 Å². The van der Waals surface area contributed by atoms with Crippen molar-refractivity contribution in [1.82, 2.24) is 10.2 Å². The molecule has 1 unspecified atom stereocenters. The van der Waals surface area contributed by atoms with Crippen LogP contribution in [0.3, 0.4) is 0 Å². The molecular formula is C31H37BF2N2O. The van der Waals surface area contributed by atoms with E-state index >= 15 is 0 Å². The van der Waals surface area contributed by atoms with Gasteiger partial charge in [0.2, 0.25) is 0 Å². The van der Waals surface area contributed by atoms with Crippen LogP contribution in [0, 0.1) is 24.5 Å². The second-order valence-electron chi connectivity index (χ2n) is 10.4. The molecule has 0 aliphatic carbocycles. The lowest BCUT2D eigenvalue weighted by molar-refractivity contribution is 0.312. The molecule has 2 radical (unpaired) electrons. The molecule has 3 aromatic carbocycles. The van der Waals surface area contributed by atoms with Gasteiger partial charge in [-0.3, -0.25) is 0 Å². The maximum Gasteiger partial charge on any atom is 0.123 e. The van der Waals surface area contributed by atoms with Crippen LogP contribution in [-0.4, -0.2) is 44.0 Å². The van der Waals surface area contributed by atoms with Crippen molar-refractivity contribution in [3.8, 4) is 5.75 Å². The first-order valence-electron chi connectivity index (χ1n) is 13.4. The third-order valence-electron chi connectivity index (χ3n) is 7.53. The minimum atomic E-state index is -0.235. The van der Waals surface area contributed by atoms with Crippen LogP contribution in [0.4, 0.5) is 8.78 Å². The molecule has 3 aromatic rings. The largest absolute Gasteiger partial charge is 0.508 e. The molecule has 4 rings (SSSR count). The molecule has 0 saturated carbocycles. The lowest BCUT2D eigenvalue weighted by atomic mass is 9.87. The Morgan fingerprint density at radius 1 is 0.973 bits per heavy atom. The average Bonchev–Trinajstić information content (AvgIpc) is 3.34. The number of benzene rings is 3. The summed E-state index contributed by atoms with van der Waals surface area (Å²) in [6.07, 6.45) is 5.55. The number of nitrogens with zero attached hydrogens (tertiary/aromatic N) is 1. The molecule has 1 fully saturated rings. The number of likely N-dealkylation sites (tertiary alicyclic amines) is 1. The Balaban J connectivity index is 1.17. The van der Waals surface area contributed by atoms with Crippen molar-refractivity contribution < 1.29 is 13.9 Å².